The molecule has 0 bridgehead atoms. The van der Waals surface area contributed by atoms with E-state index in [1.165, 1.54) is 18.2 Å². The molecular weight excluding hydrogens is 230 g/mol. The van der Waals surface area contributed by atoms with Gasteiger partial charge in [-0.1, -0.05) is 29.8 Å². The van der Waals surface area contributed by atoms with E-state index >= 15 is 0 Å². The Morgan fingerprint density at radius 3 is 2.40 bits per heavy atom. The van der Waals surface area contributed by atoms with Crippen LogP contribution in [0.2, 0.25) is 5.02 Å². The lowest BCUT2D eigenvalue weighted by Gasteiger charge is -2.19. The highest BCUT2D eigenvalue weighted by Gasteiger charge is 2.48. The van der Waals surface area contributed by atoms with Gasteiger partial charge in [0.1, 0.15) is 0 Å². The molecule has 0 aliphatic carbocycles. The first kappa shape index (κ1) is 11.9. The van der Waals surface area contributed by atoms with Gasteiger partial charge >= 0.3 is 11.9 Å². The topological polar surface area (TPSA) is 57.5 Å². The predicted molar refractivity (Wildman–Crippen MR) is 49.0 cm³/mol. The Morgan fingerprint density at radius 2 is 1.93 bits per heavy atom. The lowest BCUT2D eigenvalue weighted by molar-refractivity contribution is -0.182. The van der Waals surface area contributed by atoms with Crippen LogP contribution in [0.4, 0.5) is 8.78 Å². The minimum absolute atomic E-state index is 0.106. The molecule has 1 aromatic rings. The molecule has 0 aliphatic rings. The van der Waals surface area contributed by atoms with Crippen molar-refractivity contribution in [3.05, 3.63) is 34.9 Å². The molecule has 0 saturated carbocycles. The molecule has 0 aliphatic heterocycles. The number of aliphatic hydroxyl groups is 1. The molecule has 1 aromatic carbocycles. The summed E-state index contributed by atoms with van der Waals surface area (Å²) >= 11 is 5.54. The van der Waals surface area contributed by atoms with Crippen molar-refractivity contribution < 1.29 is 23.8 Å². The molecule has 1 atom stereocenters. The normalized spacial score (nSPS) is 13.6. The second-order valence-corrected chi connectivity index (χ2v) is 3.26. The van der Waals surface area contributed by atoms with E-state index in [0.717, 1.165) is 6.07 Å². The first-order chi connectivity index (χ1) is 6.87. The van der Waals surface area contributed by atoms with Crippen LogP contribution in [0, 0.1) is 0 Å². The minimum atomic E-state index is -4.26. The van der Waals surface area contributed by atoms with Gasteiger partial charge in [-0.05, 0) is 6.07 Å². The van der Waals surface area contributed by atoms with Crippen molar-refractivity contribution in [1.29, 1.82) is 0 Å². The standard InChI is InChI=1S/C9H7ClF2O3/c10-6-4-2-1-3-5(6)7(13)9(11,12)8(14)15/h1-4,7,13H,(H,14,15). The number of hydrogen-bond donors (Lipinski definition) is 2. The van der Waals surface area contributed by atoms with Gasteiger partial charge in [-0.25, -0.2) is 4.79 Å². The number of hydrogen-bond acceptors (Lipinski definition) is 2. The van der Waals surface area contributed by atoms with Gasteiger partial charge in [-0.2, -0.15) is 8.78 Å². The molecule has 1 rings (SSSR count). The summed E-state index contributed by atoms with van der Waals surface area (Å²) in [4.78, 5) is 10.2. The molecule has 0 amide bonds. The molecule has 0 saturated heterocycles. The Hall–Kier alpha value is -1.20. The number of carboxylic acids is 1. The van der Waals surface area contributed by atoms with Crippen LogP contribution in [0.1, 0.15) is 11.7 Å². The third-order valence-corrected chi connectivity index (χ3v) is 2.17. The first-order valence-corrected chi connectivity index (χ1v) is 4.29. The summed E-state index contributed by atoms with van der Waals surface area (Å²) in [6.07, 6.45) is -2.45. The number of carbonyl (C=O) groups is 1. The first-order valence-electron chi connectivity index (χ1n) is 3.91. The average molecular weight is 237 g/mol. The van der Waals surface area contributed by atoms with Gasteiger partial charge in [0.25, 0.3) is 0 Å². The third-order valence-electron chi connectivity index (χ3n) is 1.83. The van der Waals surface area contributed by atoms with E-state index in [-0.39, 0.29) is 10.6 Å². The molecule has 0 radical (unpaired) electrons. The summed E-state index contributed by atoms with van der Waals surface area (Å²) in [6.45, 7) is 0. The summed E-state index contributed by atoms with van der Waals surface area (Å²) in [5, 5.41) is 17.3. The fourth-order valence-corrected chi connectivity index (χ4v) is 1.25. The highest BCUT2D eigenvalue weighted by molar-refractivity contribution is 6.31. The van der Waals surface area contributed by atoms with E-state index in [0.29, 0.717) is 0 Å². The Morgan fingerprint density at radius 1 is 1.40 bits per heavy atom. The number of carboxylic acid groups (broad SMARTS) is 1. The maximum absolute atomic E-state index is 12.9. The largest absolute Gasteiger partial charge is 0.477 e. The predicted octanol–water partition coefficient (Wildman–Crippen LogP) is 2.09. The number of rotatable bonds is 3. The second-order valence-electron chi connectivity index (χ2n) is 2.85. The van der Waals surface area contributed by atoms with E-state index < -0.39 is 18.0 Å². The van der Waals surface area contributed by atoms with Crippen LogP contribution in [0.3, 0.4) is 0 Å². The van der Waals surface area contributed by atoms with Crippen LogP contribution < -0.4 is 0 Å². The van der Waals surface area contributed by atoms with Gasteiger partial charge in [-0.15, -0.1) is 0 Å². The van der Waals surface area contributed by atoms with Crippen molar-refractivity contribution in [2.24, 2.45) is 0 Å². The summed E-state index contributed by atoms with van der Waals surface area (Å²) in [5.41, 5.74) is -0.313. The van der Waals surface area contributed by atoms with Gasteiger partial charge in [-0.3, -0.25) is 0 Å². The number of aliphatic hydroxyl groups excluding tert-OH is 1. The summed E-state index contributed by atoms with van der Waals surface area (Å²) in [6, 6.07) is 5.29. The van der Waals surface area contributed by atoms with Crippen molar-refractivity contribution >= 4 is 17.6 Å². The van der Waals surface area contributed by atoms with Gasteiger partial charge in [0, 0.05) is 10.6 Å². The SMILES string of the molecule is O=C(O)C(F)(F)C(O)c1ccccc1Cl. The van der Waals surface area contributed by atoms with Gasteiger partial charge in [0.2, 0.25) is 0 Å². The van der Waals surface area contributed by atoms with Crippen LogP contribution in [0.15, 0.2) is 24.3 Å². The summed E-state index contributed by atoms with van der Waals surface area (Å²) in [5.74, 6) is -6.65. The van der Waals surface area contributed by atoms with E-state index in [9.17, 15) is 18.7 Å². The van der Waals surface area contributed by atoms with Crippen molar-refractivity contribution in [3.8, 4) is 0 Å². The Labute approximate surface area is 88.9 Å². The van der Waals surface area contributed by atoms with Crippen molar-refractivity contribution in [2.45, 2.75) is 12.0 Å². The van der Waals surface area contributed by atoms with Crippen LogP contribution in [-0.4, -0.2) is 22.1 Å². The molecule has 2 N–H and O–H groups in total. The van der Waals surface area contributed by atoms with Crippen molar-refractivity contribution in [3.63, 3.8) is 0 Å². The number of alkyl halides is 2. The lowest BCUT2D eigenvalue weighted by Crippen LogP contribution is -2.35. The molecule has 3 nitrogen and oxygen atoms in total. The Kier molecular flexibility index (Phi) is 3.26. The molecule has 15 heavy (non-hydrogen) atoms. The van der Waals surface area contributed by atoms with Crippen molar-refractivity contribution in [2.75, 3.05) is 0 Å². The second kappa shape index (κ2) is 4.12. The van der Waals surface area contributed by atoms with Crippen LogP contribution in [0.25, 0.3) is 0 Å². The smallest absolute Gasteiger partial charge is 0.377 e. The number of halogens is 3. The molecule has 6 heteroatoms. The third kappa shape index (κ3) is 2.24. The fraction of sp³-hybridized carbons (Fsp3) is 0.222. The van der Waals surface area contributed by atoms with Crippen LogP contribution in [0.5, 0.6) is 0 Å². The van der Waals surface area contributed by atoms with E-state index in [2.05, 4.69) is 0 Å². The molecule has 0 fully saturated rings. The Balaban J connectivity index is 3.10. The number of aliphatic carboxylic acids is 1. The zero-order valence-corrected chi connectivity index (χ0v) is 8.08. The van der Waals surface area contributed by atoms with Gasteiger partial charge in [0.15, 0.2) is 6.10 Å². The fourth-order valence-electron chi connectivity index (χ4n) is 1.01. The highest BCUT2D eigenvalue weighted by atomic mass is 35.5. The van der Waals surface area contributed by atoms with Crippen LogP contribution >= 0.6 is 11.6 Å². The zero-order valence-electron chi connectivity index (χ0n) is 7.32. The van der Waals surface area contributed by atoms with E-state index in [4.69, 9.17) is 16.7 Å². The Bertz CT molecular complexity index is 381. The molecule has 1 unspecified atom stereocenters. The zero-order chi connectivity index (χ0) is 11.6. The molecule has 0 heterocycles. The maximum Gasteiger partial charge on any atom is 0.377 e. The average Bonchev–Trinajstić information content (AvgIpc) is 2.17. The minimum Gasteiger partial charge on any atom is -0.477 e. The van der Waals surface area contributed by atoms with Crippen molar-refractivity contribution in [1.82, 2.24) is 0 Å². The van der Waals surface area contributed by atoms with Crippen LogP contribution in [-0.2, 0) is 4.79 Å². The highest BCUT2D eigenvalue weighted by Crippen LogP contribution is 2.34. The maximum atomic E-state index is 12.9. The summed E-state index contributed by atoms with van der Waals surface area (Å²) < 4.78 is 25.8. The number of benzene rings is 1. The van der Waals surface area contributed by atoms with Gasteiger partial charge < -0.3 is 10.2 Å². The summed E-state index contributed by atoms with van der Waals surface area (Å²) in [7, 11) is 0. The van der Waals surface area contributed by atoms with E-state index in [1.54, 1.807) is 0 Å². The molecule has 82 valence electrons. The van der Waals surface area contributed by atoms with Gasteiger partial charge in [0.05, 0.1) is 0 Å². The molecule has 0 spiro atoms. The monoisotopic (exact) mass is 236 g/mol. The lowest BCUT2D eigenvalue weighted by atomic mass is 10.0. The molecule has 0 aromatic heterocycles. The molecular formula is C9H7ClF2O3. The van der Waals surface area contributed by atoms with E-state index in [1.807, 2.05) is 0 Å². The quantitative estimate of drug-likeness (QED) is 0.845.